The number of ketones is 1. The first-order valence-electron chi connectivity index (χ1n) is 8.83. The second-order valence-corrected chi connectivity index (χ2v) is 8.49. The quantitative estimate of drug-likeness (QED) is 0.493. The minimum atomic E-state index is -3.45. The number of aromatic nitrogens is 3. The smallest absolute Gasteiger partial charge is 0.229 e. The summed E-state index contributed by atoms with van der Waals surface area (Å²) in [5, 5.41) is 0.692. The van der Waals surface area contributed by atoms with Crippen LogP contribution in [-0.2, 0) is 10.0 Å². The predicted molar refractivity (Wildman–Crippen MR) is 112 cm³/mol. The molecule has 2 N–H and O–H groups in total. The maximum absolute atomic E-state index is 13.3. The van der Waals surface area contributed by atoms with Crippen LogP contribution >= 0.6 is 0 Å². The highest BCUT2D eigenvalue weighted by molar-refractivity contribution is 7.92. The van der Waals surface area contributed by atoms with E-state index >= 15 is 0 Å². The minimum Gasteiger partial charge on any atom is -0.345 e. The molecule has 0 aliphatic carbocycles. The van der Waals surface area contributed by atoms with Crippen molar-refractivity contribution in [2.24, 2.45) is 0 Å². The molecule has 3 aromatic heterocycles. The molecule has 0 aliphatic rings. The third-order valence-corrected chi connectivity index (χ3v) is 5.24. The van der Waals surface area contributed by atoms with Crippen LogP contribution in [-0.4, -0.2) is 35.4 Å². The Bertz CT molecular complexity index is 1330. The van der Waals surface area contributed by atoms with Crippen molar-refractivity contribution in [1.82, 2.24) is 15.0 Å². The van der Waals surface area contributed by atoms with Gasteiger partial charge in [-0.05, 0) is 30.7 Å². The van der Waals surface area contributed by atoms with Crippen LogP contribution in [0.5, 0.6) is 0 Å². The first kappa shape index (κ1) is 18.8. The van der Waals surface area contributed by atoms with Crippen molar-refractivity contribution in [2.45, 2.75) is 6.92 Å². The topological polar surface area (TPSA) is 105 Å². The number of sulfonamides is 1. The number of benzene rings is 1. The summed E-state index contributed by atoms with van der Waals surface area (Å²) >= 11 is 0. The lowest BCUT2D eigenvalue weighted by atomic mass is 9.97. The molecule has 29 heavy (non-hydrogen) atoms. The van der Waals surface area contributed by atoms with Crippen LogP contribution in [0.15, 0.2) is 61.2 Å². The standard InChI is InChI=1S/C21H18N4O3S/c1-13-16(6-3-7-19(13)25-29(2,27)28)20(26)18-12-24-21-17(18)9-15(11-23-21)14-5-4-8-22-10-14/h3-12,25H,1-2H3,(H,23,24). The van der Waals surface area contributed by atoms with Gasteiger partial charge in [-0.1, -0.05) is 18.2 Å². The van der Waals surface area contributed by atoms with Gasteiger partial charge in [0.15, 0.2) is 5.78 Å². The highest BCUT2D eigenvalue weighted by atomic mass is 32.2. The Morgan fingerprint density at radius 1 is 1.07 bits per heavy atom. The Hall–Kier alpha value is -3.52. The average Bonchev–Trinajstić information content (AvgIpc) is 3.12. The zero-order valence-corrected chi connectivity index (χ0v) is 16.6. The van der Waals surface area contributed by atoms with E-state index in [2.05, 4.69) is 19.7 Å². The SMILES string of the molecule is Cc1c(NS(C)(=O)=O)cccc1C(=O)c1c[nH]c2ncc(-c3cccnc3)cc12. The van der Waals surface area contributed by atoms with E-state index in [1.807, 2.05) is 18.2 Å². The Labute approximate surface area is 167 Å². The normalized spacial score (nSPS) is 11.5. The van der Waals surface area contributed by atoms with Crippen molar-refractivity contribution >= 4 is 32.5 Å². The van der Waals surface area contributed by atoms with E-state index in [1.165, 1.54) is 0 Å². The second-order valence-electron chi connectivity index (χ2n) is 6.75. The molecule has 4 aromatic rings. The lowest BCUT2D eigenvalue weighted by molar-refractivity contribution is 0.104. The Kier molecular flexibility index (Phi) is 4.63. The summed E-state index contributed by atoms with van der Waals surface area (Å²) < 4.78 is 25.6. The highest BCUT2D eigenvalue weighted by Gasteiger charge is 2.19. The molecule has 0 saturated carbocycles. The summed E-state index contributed by atoms with van der Waals surface area (Å²) in [7, 11) is -3.45. The molecule has 7 nitrogen and oxygen atoms in total. The van der Waals surface area contributed by atoms with Gasteiger partial charge >= 0.3 is 0 Å². The zero-order valence-electron chi connectivity index (χ0n) is 15.8. The maximum Gasteiger partial charge on any atom is 0.229 e. The number of hydrogen-bond acceptors (Lipinski definition) is 5. The molecular formula is C21H18N4O3S. The van der Waals surface area contributed by atoms with Crippen LogP contribution in [0.4, 0.5) is 5.69 Å². The van der Waals surface area contributed by atoms with Crippen molar-refractivity contribution in [1.29, 1.82) is 0 Å². The lowest BCUT2D eigenvalue weighted by Crippen LogP contribution is -2.12. The Morgan fingerprint density at radius 3 is 2.62 bits per heavy atom. The summed E-state index contributed by atoms with van der Waals surface area (Å²) in [4.78, 5) is 24.8. The third kappa shape index (κ3) is 3.74. The summed E-state index contributed by atoms with van der Waals surface area (Å²) in [5.74, 6) is -0.212. The molecule has 1 aromatic carbocycles. The van der Waals surface area contributed by atoms with Crippen molar-refractivity contribution in [3.8, 4) is 11.1 Å². The number of nitrogens with one attached hydrogen (secondary N) is 2. The van der Waals surface area contributed by atoms with Crippen LogP contribution in [0, 0.1) is 6.92 Å². The van der Waals surface area contributed by atoms with Crippen LogP contribution < -0.4 is 4.72 Å². The monoisotopic (exact) mass is 406 g/mol. The number of H-pyrrole nitrogens is 1. The number of hydrogen-bond donors (Lipinski definition) is 2. The third-order valence-electron chi connectivity index (χ3n) is 4.64. The number of carbonyl (C=O) groups excluding carboxylic acids is 1. The molecule has 0 bridgehead atoms. The minimum absolute atomic E-state index is 0.212. The van der Waals surface area contributed by atoms with E-state index in [0.29, 0.717) is 33.4 Å². The molecule has 0 saturated heterocycles. The van der Waals surface area contributed by atoms with E-state index in [4.69, 9.17) is 0 Å². The fraction of sp³-hybridized carbons (Fsp3) is 0.0952. The first-order chi connectivity index (χ1) is 13.8. The second kappa shape index (κ2) is 7.14. The van der Waals surface area contributed by atoms with Gasteiger partial charge < -0.3 is 4.98 Å². The van der Waals surface area contributed by atoms with Gasteiger partial charge in [-0.25, -0.2) is 13.4 Å². The van der Waals surface area contributed by atoms with Gasteiger partial charge in [-0.15, -0.1) is 0 Å². The van der Waals surface area contributed by atoms with E-state index in [9.17, 15) is 13.2 Å². The number of fused-ring (bicyclic) bond motifs is 1. The van der Waals surface area contributed by atoms with Gasteiger partial charge in [-0.3, -0.25) is 14.5 Å². The Balaban J connectivity index is 1.79. The van der Waals surface area contributed by atoms with E-state index in [0.717, 1.165) is 17.4 Å². The van der Waals surface area contributed by atoms with Crippen molar-refractivity contribution < 1.29 is 13.2 Å². The van der Waals surface area contributed by atoms with Gasteiger partial charge in [0.1, 0.15) is 5.65 Å². The average molecular weight is 406 g/mol. The number of anilines is 1. The molecular weight excluding hydrogens is 388 g/mol. The highest BCUT2D eigenvalue weighted by Crippen LogP contribution is 2.28. The molecule has 0 atom stereocenters. The van der Waals surface area contributed by atoms with Gasteiger partial charge in [-0.2, -0.15) is 0 Å². The molecule has 0 unspecified atom stereocenters. The van der Waals surface area contributed by atoms with Gasteiger partial charge in [0.2, 0.25) is 10.0 Å². The molecule has 0 radical (unpaired) electrons. The van der Waals surface area contributed by atoms with Crippen molar-refractivity contribution in [3.05, 3.63) is 77.9 Å². The molecule has 0 spiro atoms. The molecule has 0 amide bonds. The van der Waals surface area contributed by atoms with Crippen LogP contribution in [0.1, 0.15) is 21.5 Å². The molecule has 4 rings (SSSR count). The van der Waals surface area contributed by atoms with Crippen LogP contribution in [0.2, 0.25) is 0 Å². The predicted octanol–water partition coefficient (Wildman–Crippen LogP) is 3.54. The van der Waals surface area contributed by atoms with Crippen molar-refractivity contribution in [3.63, 3.8) is 0 Å². The molecule has 0 aliphatic heterocycles. The largest absolute Gasteiger partial charge is 0.345 e. The fourth-order valence-electron chi connectivity index (χ4n) is 3.22. The summed E-state index contributed by atoms with van der Waals surface area (Å²) in [6.07, 6.45) is 7.86. The van der Waals surface area contributed by atoms with Gasteiger partial charge in [0.25, 0.3) is 0 Å². The first-order valence-corrected chi connectivity index (χ1v) is 10.7. The maximum atomic E-state index is 13.3. The molecule has 8 heteroatoms. The number of carbonyl (C=O) groups is 1. The fourth-order valence-corrected chi connectivity index (χ4v) is 3.84. The lowest BCUT2D eigenvalue weighted by Gasteiger charge is -2.11. The number of nitrogens with zero attached hydrogens (tertiary/aromatic N) is 2. The van der Waals surface area contributed by atoms with Crippen LogP contribution in [0.25, 0.3) is 22.2 Å². The summed E-state index contributed by atoms with van der Waals surface area (Å²) in [6.45, 7) is 1.72. The Morgan fingerprint density at radius 2 is 1.90 bits per heavy atom. The van der Waals surface area contributed by atoms with E-state index in [-0.39, 0.29) is 5.78 Å². The van der Waals surface area contributed by atoms with Crippen molar-refractivity contribution in [2.75, 3.05) is 11.0 Å². The number of pyridine rings is 2. The molecule has 146 valence electrons. The summed E-state index contributed by atoms with van der Waals surface area (Å²) in [5.41, 5.74) is 4.19. The van der Waals surface area contributed by atoms with Gasteiger partial charge in [0.05, 0.1) is 11.9 Å². The van der Waals surface area contributed by atoms with Crippen LogP contribution in [0.3, 0.4) is 0 Å². The molecule has 0 fully saturated rings. The van der Waals surface area contributed by atoms with Gasteiger partial charge in [0, 0.05) is 52.4 Å². The number of aromatic amines is 1. The van der Waals surface area contributed by atoms with E-state index < -0.39 is 10.0 Å². The number of rotatable bonds is 5. The van der Waals surface area contributed by atoms with E-state index in [1.54, 1.807) is 49.9 Å². The summed E-state index contributed by atoms with van der Waals surface area (Å²) in [6, 6.07) is 10.6. The zero-order chi connectivity index (χ0) is 20.6. The molecule has 3 heterocycles.